The van der Waals surface area contributed by atoms with Gasteiger partial charge < -0.3 is 4.90 Å². The van der Waals surface area contributed by atoms with Gasteiger partial charge in [-0.25, -0.2) is 0 Å². The topological polar surface area (TPSA) is 20.3 Å². The fourth-order valence-electron chi connectivity index (χ4n) is 2.49. The van der Waals surface area contributed by atoms with Crippen molar-refractivity contribution in [2.24, 2.45) is 0 Å². The van der Waals surface area contributed by atoms with Crippen molar-refractivity contribution in [2.45, 2.75) is 44.4 Å². The van der Waals surface area contributed by atoms with Crippen LogP contribution in [0, 0.1) is 0 Å². The molecular weight excluding hydrogens is 325 g/mol. The molecule has 1 heterocycles. The second-order valence-electron chi connectivity index (χ2n) is 6.32. The van der Waals surface area contributed by atoms with Crippen LogP contribution in [0.3, 0.4) is 0 Å². The first-order valence-electron chi connectivity index (χ1n) is 7.16. The number of halogens is 2. The van der Waals surface area contributed by atoms with Gasteiger partial charge in [-0.2, -0.15) is 0 Å². The maximum Gasteiger partial charge on any atom is 0.233 e. The maximum absolute atomic E-state index is 12.5. The highest BCUT2D eigenvalue weighted by atomic mass is 35.5. The minimum Gasteiger partial charge on any atom is -0.335 e. The molecule has 1 aromatic carbocycles. The first-order valence-corrected chi connectivity index (χ1v) is 8.90. The molecule has 1 aromatic rings. The molecule has 0 radical (unpaired) electrons. The van der Waals surface area contributed by atoms with E-state index in [-0.39, 0.29) is 16.7 Å². The number of nitrogens with zero attached hydrogens (tertiary/aromatic N) is 1. The van der Waals surface area contributed by atoms with Gasteiger partial charge in [-0.1, -0.05) is 50.0 Å². The highest BCUT2D eigenvalue weighted by Crippen LogP contribution is 2.36. The van der Waals surface area contributed by atoms with E-state index in [1.807, 2.05) is 23.1 Å². The Morgan fingerprint density at radius 2 is 2.05 bits per heavy atom. The number of carbonyl (C=O) groups is 1. The third kappa shape index (κ3) is 4.54. The number of carbonyl (C=O) groups excluding carboxylic acids is 1. The molecule has 2 rings (SSSR count). The average Bonchev–Trinajstić information content (AvgIpc) is 2.87. The molecule has 0 aliphatic carbocycles. The summed E-state index contributed by atoms with van der Waals surface area (Å²) in [5.74, 6) is 0.741. The molecule has 1 aliphatic rings. The molecule has 1 unspecified atom stereocenters. The van der Waals surface area contributed by atoms with Crippen LogP contribution in [0.1, 0.15) is 45.2 Å². The molecule has 1 saturated heterocycles. The summed E-state index contributed by atoms with van der Waals surface area (Å²) in [6.45, 7) is 7.22. The van der Waals surface area contributed by atoms with E-state index in [0.717, 1.165) is 24.9 Å². The van der Waals surface area contributed by atoms with Crippen LogP contribution in [-0.2, 0) is 4.79 Å². The third-order valence-corrected chi connectivity index (χ3v) is 5.53. The summed E-state index contributed by atoms with van der Waals surface area (Å²) in [7, 11) is 0. The predicted octanol–water partition coefficient (Wildman–Crippen LogP) is 5.19. The number of likely N-dealkylation sites (tertiary alicyclic amines) is 1. The molecule has 1 amide bonds. The van der Waals surface area contributed by atoms with Crippen LogP contribution >= 0.6 is 35.0 Å². The minimum absolute atomic E-state index is 0.106. The molecular formula is C16H21Cl2NOS. The Hall–Kier alpha value is -0.380. The van der Waals surface area contributed by atoms with E-state index in [2.05, 4.69) is 20.8 Å². The lowest BCUT2D eigenvalue weighted by Crippen LogP contribution is -2.33. The smallest absolute Gasteiger partial charge is 0.233 e. The van der Waals surface area contributed by atoms with E-state index in [1.165, 1.54) is 0 Å². The summed E-state index contributed by atoms with van der Waals surface area (Å²) < 4.78 is 0.106. The van der Waals surface area contributed by atoms with Crippen LogP contribution < -0.4 is 0 Å². The van der Waals surface area contributed by atoms with Gasteiger partial charge in [0.15, 0.2) is 0 Å². The zero-order valence-corrected chi connectivity index (χ0v) is 15.0. The number of hydrogen-bond donors (Lipinski definition) is 0. The van der Waals surface area contributed by atoms with Gasteiger partial charge in [0.2, 0.25) is 5.91 Å². The monoisotopic (exact) mass is 345 g/mol. The molecule has 1 fully saturated rings. The SMILES string of the molecule is CC(C)(C)SCC(=O)N1CCCC1c1ccc(Cl)c(Cl)c1. The van der Waals surface area contributed by atoms with E-state index in [0.29, 0.717) is 15.8 Å². The summed E-state index contributed by atoms with van der Waals surface area (Å²) >= 11 is 13.8. The van der Waals surface area contributed by atoms with Gasteiger partial charge >= 0.3 is 0 Å². The minimum atomic E-state index is 0.106. The molecule has 116 valence electrons. The van der Waals surface area contributed by atoms with Gasteiger partial charge in [-0.05, 0) is 30.5 Å². The van der Waals surface area contributed by atoms with Crippen LogP contribution in [0.4, 0.5) is 0 Å². The van der Waals surface area contributed by atoms with Gasteiger partial charge in [0.1, 0.15) is 0 Å². The zero-order valence-electron chi connectivity index (χ0n) is 12.7. The van der Waals surface area contributed by atoms with Crippen LogP contribution in [-0.4, -0.2) is 27.9 Å². The highest BCUT2D eigenvalue weighted by molar-refractivity contribution is 8.01. The summed E-state index contributed by atoms with van der Waals surface area (Å²) in [5, 5.41) is 1.11. The fraction of sp³-hybridized carbons (Fsp3) is 0.562. The first-order chi connectivity index (χ1) is 9.78. The number of thioether (sulfide) groups is 1. The largest absolute Gasteiger partial charge is 0.335 e. The van der Waals surface area contributed by atoms with E-state index >= 15 is 0 Å². The van der Waals surface area contributed by atoms with Crippen molar-refractivity contribution in [3.05, 3.63) is 33.8 Å². The van der Waals surface area contributed by atoms with Crippen LogP contribution in [0.5, 0.6) is 0 Å². The van der Waals surface area contributed by atoms with Crippen LogP contribution in [0.15, 0.2) is 18.2 Å². The quantitative estimate of drug-likeness (QED) is 0.751. The lowest BCUT2D eigenvalue weighted by molar-refractivity contribution is -0.129. The molecule has 2 nitrogen and oxygen atoms in total. The van der Waals surface area contributed by atoms with Crippen molar-refractivity contribution in [3.63, 3.8) is 0 Å². The molecule has 5 heteroatoms. The summed E-state index contributed by atoms with van der Waals surface area (Å²) in [6.07, 6.45) is 2.03. The van der Waals surface area contributed by atoms with Crippen molar-refractivity contribution in [3.8, 4) is 0 Å². The zero-order chi connectivity index (χ0) is 15.6. The van der Waals surface area contributed by atoms with Gasteiger partial charge in [0.05, 0.1) is 21.8 Å². The van der Waals surface area contributed by atoms with E-state index in [9.17, 15) is 4.79 Å². The van der Waals surface area contributed by atoms with Crippen molar-refractivity contribution in [2.75, 3.05) is 12.3 Å². The van der Waals surface area contributed by atoms with Gasteiger partial charge in [-0.3, -0.25) is 4.79 Å². The summed E-state index contributed by atoms with van der Waals surface area (Å²) in [5.41, 5.74) is 1.08. The number of benzene rings is 1. The normalized spacial score (nSPS) is 19.1. The van der Waals surface area contributed by atoms with E-state index in [4.69, 9.17) is 23.2 Å². The van der Waals surface area contributed by atoms with Crippen LogP contribution in [0.2, 0.25) is 10.0 Å². The Morgan fingerprint density at radius 1 is 1.33 bits per heavy atom. The van der Waals surface area contributed by atoms with Gasteiger partial charge in [-0.15, -0.1) is 11.8 Å². The predicted molar refractivity (Wildman–Crippen MR) is 92.4 cm³/mol. The second-order valence-corrected chi connectivity index (χ2v) is 8.94. The molecule has 21 heavy (non-hydrogen) atoms. The molecule has 0 spiro atoms. The fourth-order valence-corrected chi connectivity index (χ4v) is 3.52. The highest BCUT2D eigenvalue weighted by Gasteiger charge is 2.30. The molecule has 0 N–H and O–H groups in total. The Kier molecular flexibility index (Phi) is 5.50. The Bertz CT molecular complexity index is 527. The first kappa shape index (κ1) is 17.0. The van der Waals surface area contributed by atoms with Crippen LogP contribution in [0.25, 0.3) is 0 Å². The molecule has 0 aromatic heterocycles. The molecule has 0 saturated carbocycles. The van der Waals surface area contributed by atoms with Crippen molar-refractivity contribution >= 4 is 40.9 Å². The van der Waals surface area contributed by atoms with Crippen molar-refractivity contribution in [1.82, 2.24) is 4.90 Å². The lowest BCUT2D eigenvalue weighted by atomic mass is 10.0. The Morgan fingerprint density at radius 3 is 2.67 bits per heavy atom. The van der Waals surface area contributed by atoms with E-state index in [1.54, 1.807) is 11.8 Å². The maximum atomic E-state index is 12.5. The van der Waals surface area contributed by atoms with E-state index < -0.39 is 0 Å². The standard InChI is InChI=1S/C16H21Cl2NOS/c1-16(2,3)21-10-15(20)19-8-4-5-14(19)11-6-7-12(17)13(18)9-11/h6-7,9,14H,4-5,8,10H2,1-3H3. The van der Waals surface area contributed by atoms with Crippen molar-refractivity contribution in [1.29, 1.82) is 0 Å². The summed E-state index contributed by atoms with van der Waals surface area (Å²) in [4.78, 5) is 14.5. The molecule has 1 atom stereocenters. The lowest BCUT2D eigenvalue weighted by Gasteiger charge is -2.27. The van der Waals surface area contributed by atoms with Crippen molar-refractivity contribution < 1.29 is 4.79 Å². The summed E-state index contributed by atoms with van der Waals surface area (Å²) in [6, 6.07) is 5.80. The molecule has 0 bridgehead atoms. The number of hydrogen-bond acceptors (Lipinski definition) is 2. The number of amides is 1. The van der Waals surface area contributed by atoms with Gasteiger partial charge in [0, 0.05) is 11.3 Å². The Labute approximate surface area is 141 Å². The average molecular weight is 346 g/mol. The van der Waals surface area contributed by atoms with Gasteiger partial charge in [0.25, 0.3) is 0 Å². The second kappa shape index (κ2) is 6.80. The third-order valence-electron chi connectivity index (χ3n) is 3.53. The Balaban J connectivity index is 2.09. The number of rotatable bonds is 3. The molecule has 1 aliphatic heterocycles.